The maximum Gasteiger partial charge on any atom is 0.416 e. The molecular formula is C27H33ClF3N3O3S. The second-order valence-corrected chi connectivity index (χ2v) is 10.6. The van der Waals surface area contributed by atoms with E-state index >= 15 is 0 Å². The number of hydrogen-bond acceptors (Lipinski definition) is 6. The van der Waals surface area contributed by atoms with E-state index in [-0.39, 0.29) is 43.5 Å². The highest BCUT2D eigenvalue weighted by Crippen LogP contribution is 2.42. The number of aliphatic hydroxyl groups excluding tert-OH is 1. The fraction of sp³-hybridized carbons (Fsp3) is 0.444. The van der Waals surface area contributed by atoms with Gasteiger partial charge in [-0.3, -0.25) is 4.79 Å². The summed E-state index contributed by atoms with van der Waals surface area (Å²) in [7, 11) is 1.98. The van der Waals surface area contributed by atoms with Gasteiger partial charge in [0.05, 0.1) is 16.6 Å². The van der Waals surface area contributed by atoms with Crippen molar-refractivity contribution in [3.05, 3.63) is 57.3 Å². The van der Waals surface area contributed by atoms with Gasteiger partial charge in [-0.15, -0.1) is 11.8 Å². The van der Waals surface area contributed by atoms with Gasteiger partial charge in [-0.05, 0) is 63.0 Å². The predicted octanol–water partition coefficient (Wildman–Crippen LogP) is 5.69. The Morgan fingerprint density at radius 2 is 1.79 bits per heavy atom. The number of pyridine rings is 1. The first kappa shape index (κ1) is 30.3. The van der Waals surface area contributed by atoms with Gasteiger partial charge in [0.25, 0.3) is 5.56 Å². The Morgan fingerprint density at radius 3 is 2.45 bits per heavy atom. The van der Waals surface area contributed by atoms with E-state index in [1.807, 2.05) is 7.05 Å². The van der Waals surface area contributed by atoms with Gasteiger partial charge >= 0.3 is 6.18 Å². The number of nitrogens with zero attached hydrogens (tertiary/aromatic N) is 2. The van der Waals surface area contributed by atoms with E-state index in [9.17, 15) is 28.2 Å². The largest absolute Gasteiger partial charge is 0.507 e. The number of fused-ring (bicyclic) bond motifs is 1. The van der Waals surface area contributed by atoms with Gasteiger partial charge in [0.2, 0.25) is 0 Å². The molecule has 0 saturated heterocycles. The summed E-state index contributed by atoms with van der Waals surface area (Å²) in [6.45, 7) is 8.59. The molecule has 208 valence electrons. The Kier molecular flexibility index (Phi) is 10.5. The number of benzene rings is 2. The van der Waals surface area contributed by atoms with Gasteiger partial charge < -0.3 is 25.0 Å². The van der Waals surface area contributed by atoms with Crippen LogP contribution in [0.1, 0.15) is 25.8 Å². The molecule has 1 aromatic heterocycles. The van der Waals surface area contributed by atoms with Crippen molar-refractivity contribution in [2.24, 2.45) is 0 Å². The second-order valence-electron chi connectivity index (χ2n) is 9.16. The number of halogens is 4. The quantitative estimate of drug-likeness (QED) is 0.242. The number of thioether (sulfide) groups is 1. The summed E-state index contributed by atoms with van der Waals surface area (Å²) in [6.07, 6.45) is -4.89. The van der Waals surface area contributed by atoms with Crippen LogP contribution in [0.3, 0.4) is 0 Å². The Balaban J connectivity index is 1.90. The van der Waals surface area contributed by atoms with Crippen LogP contribution in [-0.4, -0.2) is 76.6 Å². The zero-order chi connectivity index (χ0) is 28.0. The second kappa shape index (κ2) is 13.2. The molecule has 3 rings (SSSR count). The molecular weight excluding hydrogens is 539 g/mol. The van der Waals surface area contributed by atoms with Crippen LogP contribution in [-0.2, 0) is 6.18 Å². The van der Waals surface area contributed by atoms with Crippen LogP contribution in [0.15, 0.2) is 46.1 Å². The van der Waals surface area contributed by atoms with Gasteiger partial charge in [-0.2, -0.15) is 13.2 Å². The van der Waals surface area contributed by atoms with Crippen LogP contribution in [0.25, 0.3) is 22.0 Å². The minimum atomic E-state index is -4.60. The number of aliphatic hydroxyl groups is 1. The summed E-state index contributed by atoms with van der Waals surface area (Å²) < 4.78 is 40.6. The highest BCUT2D eigenvalue weighted by atomic mass is 35.5. The lowest BCUT2D eigenvalue weighted by Crippen LogP contribution is -2.34. The van der Waals surface area contributed by atoms with E-state index in [0.29, 0.717) is 13.0 Å². The molecule has 0 aliphatic rings. The predicted molar refractivity (Wildman–Crippen MR) is 148 cm³/mol. The van der Waals surface area contributed by atoms with E-state index in [0.717, 1.165) is 50.1 Å². The standard InChI is InChI=1S/C27H33ClF3N3O3S/c1-4-34(5-2)13-12-33(3)11-10-19(35)16-38-25-24(21-15-18(28)7-9-23(21)36)20-14-17(27(29,30)31)6-8-22(20)32-26(25)37/h6-9,14-15,19,35-36H,4-5,10-13,16H2,1-3H3,(H,32,37). The highest BCUT2D eigenvalue weighted by Gasteiger charge is 2.31. The number of phenolic OH excluding ortho intramolecular Hbond substituents is 1. The van der Waals surface area contributed by atoms with Crippen LogP contribution in [0.2, 0.25) is 5.02 Å². The first-order valence-electron chi connectivity index (χ1n) is 12.4. The average molecular weight is 572 g/mol. The van der Waals surface area contributed by atoms with Crippen molar-refractivity contribution in [3.63, 3.8) is 0 Å². The maximum absolute atomic E-state index is 13.5. The highest BCUT2D eigenvalue weighted by molar-refractivity contribution is 7.99. The number of aromatic amines is 1. The SMILES string of the molecule is CCN(CC)CCN(C)CCC(O)CSc1c(-c2cc(Cl)ccc2O)c2cc(C(F)(F)F)ccc2[nH]c1=O. The summed E-state index contributed by atoms with van der Waals surface area (Å²) in [4.78, 5) is 20.3. The van der Waals surface area contributed by atoms with Crippen molar-refractivity contribution in [1.29, 1.82) is 0 Å². The maximum atomic E-state index is 13.5. The third kappa shape index (κ3) is 7.66. The molecule has 0 fully saturated rings. The lowest BCUT2D eigenvalue weighted by Gasteiger charge is -2.23. The molecule has 3 N–H and O–H groups in total. The topological polar surface area (TPSA) is 79.8 Å². The molecule has 2 aromatic carbocycles. The van der Waals surface area contributed by atoms with Crippen molar-refractivity contribution in [3.8, 4) is 16.9 Å². The zero-order valence-electron chi connectivity index (χ0n) is 21.6. The lowest BCUT2D eigenvalue weighted by molar-refractivity contribution is -0.137. The smallest absolute Gasteiger partial charge is 0.416 e. The molecule has 0 saturated carbocycles. The molecule has 0 aliphatic heterocycles. The molecule has 11 heteroatoms. The first-order chi connectivity index (χ1) is 17.9. The van der Waals surface area contributed by atoms with Gasteiger partial charge in [0, 0.05) is 52.4 Å². The number of hydrogen-bond donors (Lipinski definition) is 3. The fourth-order valence-electron chi connectivity index (χ4n) is 4.16. The van der Waals surface area contributed by atoms with E-state index in [4.69, 9.17) is 11.6 Å². The number of aromatic hydroxyl groups is 1. The number of rotatable bonds is 12. The number of phenols is 1. The third-order valence-corrected chi connectivity index (χ3v) is 7.95. The Bertz CT molecular complexity index is 1300. The summed E-state index contributed by atoms with van der Waals surface area (Å²) in [5.74, 6) is -0.0814. The minimum Gasteiger partial charge on any atom is -0.507 e. The number of nitrogens with one attached hydrogen (secondary N) is 1. The molecule has 0 bridgehead atoms. The Labute approximate surface area is 229 Å². The summed E-state index contributed by atoms with van der Waals surface area (Å²) in [5.41, 5.74) is -0.940. The summed E-state index contributed by atoms with van der Waals surface area (Å²) in [6, 6.07) is 7.23. The third-order valence-electron chi connectivity index (χ3n) is 6.48. The summed E-state index contributed by atoms with van der Waals surface area (Å²) >= 11 is 7.19. The average Bonchev–Trinajstić information content (AvgIpc) is 2.87. The fourth-order valence-corrected chi connectivity index (χ4v) is 5.41. The molecule has 0 spiro atoms. The van der Waals surface area contributed by atoms with Gasteiger partial charge in [-0.25, -0.2) is 0 Å². The van der Waals surface area contributed by atoms with Crippen molar-refractivity contribution in [2.75, 3.05) is 45.5 Å². The van der Waals surface area contributed by atoms with Crippen LogP contribution in [0.5, 0.6) is 5.75 Å². The minimum absolute atomic E-state index is 0.100. The number of alkyl halides is 3. The van der Waals surface area contributed by atoms with Crippen molar-refractivity contribution >= 4 is 34.3 Å². The van der Waals surface area contributed by atoms with E-state index in [1.165, 1.54) is 24.3 Å². The van der Waals surface area contributed by atoms with E-state index in [1.54, 1.807) is 0 Å². The van der Waals surface area contributed by atoms with E-state index in [2.05, 4.69) is 28.6 Å². The summed E-state index contributed by atoms with van der Waals surface area (Å²) in [5, 5.41) is 21.6. The molecule has 0 radical (unpaired) electrons. The normalized spacial score (nSPS) is 13.1. The van der Waals surface area contributed by atoms with Crippen LogP contribution >= 0.6 is 23.4 Å². The lowest BCUT2D eigenvalue weighted by atomic mass is 9.98. The molecule has 3 aromatic rings. The van der Waals surface area contributed by atoms with Crippen LogP contribution in [0.4, 0.5) is 13.2 Å². The van der Waals surface area contributed by atoms with Crippen molar-refractivity contribution in [1.82, 2.24) is 14.8 Å². The molecule has 6 nitrogen and oxygen atoms in total. The Hall–Kier alpha value is -2.24. The molecule has 0 aliphatic carbocycles. The zero-order valence-corrected chi connectivity index (χ0v) is 23.2. The monoisotopic (exact) mass is 571 g/mol. The number of likely N-dealkylation sites (N-methyl/N-ethyl adjacent to an activating group) is 2. The molecule has 1 atom stereocenters. The van der Waals surface area contributed by atoms with Crippen molar-refractivity contribution < 1.29 is 23.4 Å². The Morgan fingerprint density at radius 1 is 1.08 bits per heavy atom. The van der Waals surface area contributed by atoms with Crippen molar-refractivity contribution in [2.45, 2.75) is 37.4 Å². The van der Waals surface area contributed by atoms with Crippen LogP contribution < -0.4 is 5.56 Å². The number of aromatic nitrogens is 1. The van der Waals surface area contributed by atoms with E-state index < -0.39 is 23.4 Å². The molecule has 38 heavy (non-hydrogen) atoms. The number of H-pyrrole nitrogens is 1. The molecule has 1 heterocycles. The molecule has 1 unspecified atom stereocenters. The van der Waals surface area contributed by atoms with Gasteiger partial charge in [-0.1, -0.05) is 25.4 Å². The molecule has 0 amide bonds. The van der Waals surface area contributed by atoms with Gasteiger partial charge in [0.15, 0.2) is 0 Å². The first-order valence-corrected chi connectivity index (χ1v) is 13.8. The van der Waals surface area contributed by atoms with Crippen LogP contribution in [0, 0.1) is 0 Å². The van der Waals surface area contributed by atoms with Gasteiger partial charge in [0.1, 0.15) is 5.75 Å².